The fraction of sp³-hybridized carbons (Fsp3) is 0.375. The molecule has 0 spiro atoms. The van der Waals surface area contributed by atoms with Crippen molar-refractivity contribution in [3.05, 3.63) is 90.0 Å². The number of ether oxygens (including phenoxy) is 1. The summed E-state index contributed by atoms with van der Waals surface area (Å²) < 4.78 is 34.5. The van der Waals surface area contributed by atoms with Crippen LogP contribution >= 0.6 is 0 Å². The Morgan fingerprint density at radius 2 is 1.54 bits per heavy atom. The lowest BCUT2D eigenvalue weighted by Gasteiger charge is -2.33. The highest BCUT2D eigenvalue weighted by Crippen LogP contribution is 2.26. The molecule has 0 heterocycles. The van der Waals surface area contributed by atoms with Crippen LogP contribution in [0.5, 0.6) is 5.75 Å². The van der Waals surface area contributed by atoms with Crippen molar-refractivity contribution >= 4 is 27.5 Å². The third-order valence-corrected chi connectivity index (χ3v) is 8.38. The molecule has 9 heteroatoms. The van der Waals surface area contributed by atoms with Gasteiger partial charge >= 0.3 is 0 Å². The van der Waals surface area contributed by atoms with Crippen LogP contribution in [-0.2, 0) is 26.2 Å². The van der Waals surface area contributed by atoms with E-state index in [1.165, 1.54) is 17.0 Å². The number of amides is 2. The molecule has 0 fully saturated rings. The van der Waals surface area contributed by atoms with Gasteiger partial charge in [-0.1, -0.05) is 68.8 Å². The van der Waals surface area contributed by atoms with Crippen LogP contribution in [0, 0.1) is 12.8 Å². The monoisotopic (exact) mass is 579 g/mol. The number of nitrogens with zero attached hydrogens (tertiary/aromatic N) is 2. The molecule has 0 aliphatic rings. The second kappa shape index (κ2) is 14.7. The second-order valence-electron chi connectivity index (χ2n) is 10.3. The molecule has 3 aromatic carbocycles. The van der Waals surface area contributed by atoms with E-state index in [9.17, 15) is 18.0 Å². The molecular weight excluding hydrogens is 538 g/mol. The smallest absolute Gasteiger partial charge is 0.264 e. The molecule has 3 rings (SSSR count). The molecule has 0 bridgehead atoms. The van der Waals surface area contributed by atoms with Gasteiger partial charge in [0, 0.05) is 13.1 Å². The maximum Gasteiger partial charge on any atom is 0.264 e. The van der Waals surface area contributed by atoms with Crippen molar-refractivity contribution in [2.24, 2.45) is 5.92 Å². The van der Waals surface area contributed by atoms with Crippen LogP contribution in [0.15, 0.2) is 83.8 Å². The summed E-state index contributed by atoms with van der Waals surface area (Å²) in [5.41, 5.74) is 2.27. The van der Waals surface area contributed by atoms with E-state index >= 15 is 0 Å². The lowest BCUT2D eigenvalue weighted by Crippen LogP contribution is -2.52. The topological polar surface area (TPSA) is 96.0 Å². The number of hydrogen-bond acceptors (Lipinski definition) is 5. The van der Waals surface area contributed by atoms with E-state index in [1.54, 1.807) is 42.5 Å². The zero-order valence-electron chi connectivity index (χ0n) is 24.5. The largest absolute Gasteiger partial charge is 0.494 e. The van der Waals surface area contributed by atoms with Gasteiger partial charge in [0.25, 0.3) is 10.0 Å². The van der Waals surface area contributed by atoms with E-state index in [0.717, 1.165) is 15.4 Å². The Bertz CT molecular complexity index is 1380. The summed E-state index contributed by atoms with van der Waals surface area (Å²) >= 11 is 0. The molecule has 8 nitrogen and oxygen atoms in total. The van der Waals surface area contributed by atoms with Crippen molar-refractivity contribution in [3.63, 3.8) is 0 Å². The number of anilines is 1. The lowest BCUT2D eigenvalue weighted by molar-refractivity contribution is -0.140. The van der Waals surface area contributed by atoms with Crippen molar-refractivity contribution < 1.29 is 22.7 Å². The third kappa shape index (κ3) is 8.57. The minimum absolute atomic E-state index is 0.0319. The number of aryl methyl sites for hydroxylation is 1. The quantitative estimate of drug-likeness (QED) is 0.284. The molecule has 0 radical (unpaired) electrons. The summed E-state index contributed by atoms with van der Waals surface area (Å²) in [6.07, 6.45) is 0.374. The van der Waals surface area contributed by atoms with Crippen LogP contribution in [0.4, 0.5) is 5.69 Å². The first-order chi connectivity index (χ1) is 19.6. The third-order valence-electron chi connectivity index (χ3n) is 6.59. The van der Waals surface area contributed by atoms with Gasteiger partial charge in [0.2, 0.25) is 11.8 Å². The fourth-order valence-corrected chi connectivity index (χ4v) is 5.77. The molecule has 2 amide bonds. The van der Waals surface area contributed by atoms with Crippen molar-refractivity contribution in [1.82, 2.24) is 10.2 Å². The summed E-state index contributed by atoms with van der Waals surface area (Å²) in [4.78, 5) is 28.9. The van der Waals surface area contributed by atoms with Crippen molar-refractivity contribution in [2.45, 2.75) is 58.5 Å². The molecule has 1 N–H and O–H groups in total. The molecule has 220 valence electrons. The van der Waals surface area contributed by atoms with E-state index in [0.29, 0.717) is 31.0 Å². The molecular formula is C32H41N3O5S. The summed E-state index contributed by atoms with van der Waals surface area (Å²) in [5.74, 6) is 0.0552. The van der Waals surface area contributed by atoms with Gasteiger partial charge in [0.15, 0.2) is 0 Å². The number of benzene rings is 3. The SMILES string of the molecule is CCOc1ccc(S(=O)(=O)N(CC(=O)N(Cc2ccc(C)cc2)C(CC)C(=O)NCC(C)C)c2ccccc2)cc1. The minimum Gasteiger partial charge on any atom is -0.494 e. The number of rotatable bonds is 14. The van der Waals surface area contributed by atoms with Crippen LogP contribution in [0.2, 0.25) is 0 Å². The van der Waals surface area contributed by atoms with Crippen molar-refractivity contribution in [1.29, 1.82) is 0 Å². The predicted molar refractivity (Wildman–Crippen MR) is 162 cm³/mol. The van der Waals surface area contributed by atoms with Crippen molar-refractivity contribution in [3.8, 4) is 5.75 Å². The van der Waals surface area contributed by atoms with Gasteiger partial charge < -0.3 is 15.0 Å². The van der Waals surface area contributed by atoms with Crippen LogP contribution in [0.25, 0.3) is 0 Å². The number of nitrogens with one attached hydrogen (secondary N) is 1. The van der Waals surface area contributed by atoms with Crippen LogP contribution in [0.1, 0.15) is 45.2 Å². The van der Waals surface area contributed by atoms with E-state index in [4.69, 9.17) is 4.74 Å². The van der Waals surface area contributed by atoms with Crippen LogP contribution in [0.3, 0.4) is 0 Å². The van der Waals surface area contributed by atoms with Gasteiger partial charge in [-0.15, -0.1) is 0 Å². The van der Waals surface area contributed by atoms with Gasteiger partial charge in [-0.25, -0.2) is 8.42 Å². The number of hydrogen-bond donors (Lipinski definition) is 1. The Balaban J connectivity index is 2.00. The first-order valence-electron chi connectivity index (χ1n) is 14.0. The maximum absolute atomic E-state index is 14.1. The molecule has 41 heavy (non-hydrogen) atoms. The Hall–Kier alpha value is -3.85. The second-order valence-corrected chi connectivity index (χ2v) is 12.2. The number of sulfonamides is 1. The van der Waals surface area contributed by atoms with Crippen molar-refractivity contribution in [2.75, 3.05) is 24.0 Å². The average Bonchev–Trinajstić information content (AvgIpc) is 2.96. The normalized spacial score (nSPS) is 12.0. The molecule has 1 unspecified atom stereocenters. The Morgan fingerprint density at radius 3 is 2.10 bits per heavy atom. The summed E-state index contributed by atoms with van der Waals surface area (Å²) in [5, 5.41) is 2.94. The first-order valence-corrected chi connectivity index (χ1v) is 15.4. The molecule has 0 saturated carbocycles. The number of carbonyl (C=O) groups is 2. The van der Waals surface area contributed by atoms with E-state index in [-0.39, 0.29) is 23.3 Å². The first kappa shape index (κ1) is 31.7. The highest BCUT2D eigenvalue weighted by Gasteiger charge is 2.33. The standard InChI is InChI=1S/C32H41N3O5S/c1-6-30(32(37)33-21-24(3)4)34(22-26-15-13-25(5)14-16-26)31(36)23-35(27-11-9-8-10-12-27)41(38,39)29-19-17-28(18-20-29)40-7-2/h8-20,24,30H,6-7,21-23H2,1-5H3,(H,33,37). The molecule has 0 aliphatic heterocycles. The van der Waals surface area contributed by atoms with E-state index in [2.05, 4.69) is 5.32 Å². The fourth-order valence-electron chi connectivity index (χ4n) is 4.36. The summed E-state index contributed by atoms with van der Waals surface area (Å²) in [7, 11) is -4.14. The number of para-hydroxylation sites is 1. The highest BCUT2D eigenvalue weighted by atomic mass is 32.2. The minimum atomic E-state index is -4.14. The van der Waals surface area contributed by atoms with Gasteiger partial charge in [-0.2, -0.15) is 0 Å². The van der Waals surface area contributed by atoms with Gasteiger partial charge in [0.1, 0.15) is 18.3 Å². The van der Waals surface area contributed by atoms with Gasteiger partial charge in [-0.05, 0) is 68.1 Å². The molecule has 0 aliphatic carbocycles. The van der Waals surface area contributed by atoms with E-state index < -0.39 is 28.5 Å². The van der Waals surface area contributed by atoms with Gasteiger partial charge in [0.05, 0.1) is 17.2 Å². The Morgan fingerprint density at radius 1 is 0.902 bits per heavy atom. The zero-order chi connectivity index (χ0) is 30.0. The molecule has 1 atom stereocenters. The summed E-state index contributed by atoms with van der Waals surface area (Å²) in [6, 6.07) is 21.6. The summed E-state index contributed by atoms with van der Waals surface area (Å²) in [6.45, 7) is 10.3. The number of carbonyl (C=O) groups excluding carboxylic acids is 2. The average molecular weight is 580 g/mol. The van der Waals surface area contributed by atoms with Crippen LogP contribution < -0.4 is 14.4 Å². The predicted octanol–water partition coefficient (Wildman–Crippen LogP) is 5.17. The van der Waals surface area contributed by atoms with Gasteiger partial charge in [-0.3, -0.25) is 13.9 Å². The molecule has 3 aromatic rings. The lowest BCUT2D eigenvalue weighted by atomic mass is 10.1. The Kier molecular flexibility index (Phi) is 11.3. The highest BCUT2D eigenvalue weighted by molar-refractivity contribution is 7.92. The Labute approximate surface area is 244 Å². The van der Waals surface area contributed by atoms with Crippen LogP contribution in [-0.4, -0.2) is 50.9 Å². The molecule has 0 aromatic heterocycles. The zero-order valence-corrected chi connectivity index (χ0v) is 25.4. The van der Waals surface area contributed by atoms with E-state index in [1.807, 2.05) is 58.9 Å². The maximum atomic E-state index is 14.1. The molecule has 0 saturated heterocycles.